The number of halogens is 5. The quantitative estimate of drug-likeness (QED) is 0.282. The number of nitrogens with one attached hydrogen (secondary N) is 1. The van der Waals surface area contributed by atoms with Crippen LogP contribution in [0.15, 0.2) is 24.3 Å². The van der Waals surface area contributed by atoms with Gasteiger partial charge in [0.2, 0.25) is 5.91 Å². The lowest BCUT2D eigenvalue weighted by Gasteiger charge is -2.10. The van der Waals surface area contributed by atoms with Crippen molar-refractivity contribution in [2.75, 3.05) is 5.32 Å². The van der Waals surface area contributed by atoms with Gasteiger partial charge in [-0.15, -0.1) is 22.7 Å². The highest BCUT2D eigenvalue weighted by Gasteiger charge is 2.34. The Morgan fingerprint density at radius 1 is 1.17 bits per heavy atom. The molecule has 0 unspecified atom stereocenters. The van der Waals surface area contributed by atoms with Crippen LogP contribution in [0.4, 0.5) is 27.6 Å². The molecule has 36 heavy (non-hydrogen) atoms. The maximum absolute atomic E-state index is 13.5. The zero-order valence-electron chi connectivity index (χ0n) is 18.7. The van der Waals surface area contributed by atoms with Crippen LogP contribution in [0.25, 0.3) is 20.7 Å². The normalized spacial score (nSPS) is 12.0. The zero-order valence-corrected chi connectivity index (χ0v) is 20.4. The molecular weight excluding hydrogens is 525 g/mol. The van der Waals surface area contributed by atoms with Gasteiger partial charge in [-0.05, 0) is 38.1 Å². The number of nitrogens with zero attached hydrogens (tertiary/aromatic N) is 3. The second-order valence-corrected chi connectivity index (χ2v) is 10.1. The summed E-state index contributed by atoms with van der Waals surface area (Å²) in [6, 6.07) is 5.61. The minimum Gasteiger partial charge on any atom is -0.365 e. The van der Waals surface area contributed by atoms with Crippen LogP contribution in [-0.2, 0) is 17.5 Å². The van der Waals surface area contributed by atoms with Gasteiger partial charge >= 0.3 is 6.18 Å². The number of anilines is 1. The summed E-state index contributed by atoms with van der Waals surface area (Å²) in [6.07, 6.45) is -7.76. The molecule has 7 nitrogen and oxygen atoms in total. The summed E-state index contributed by atoms with van der Waals surface area (Å²) >= 11 is 2.11. The van der Waals surface area contributed by atoms with Crippen LogP contribution in [0.2, 0.25) is 0 Å². The van der Waals surface area contributed by atoms with Crippen molar-refractivity contribution in [1.82, 2.24) is 14.8 Å². The highest BCUT2D eigenvalue weighted by molar-refractivity contribution is 7.21. The van der Waals surface area contributed by atoms with Crippen LogP contribution in [0.5, 0.6) is 0 Å². The summed E-state index contributed by atoms with van der Waals surface area (Å²) < 4.78 is 66.9. The Balaban J connectivity index is 1.71. The van der Waals surface area contributed by atoms with E-state index >= 15 is 0 Å². The first-order valence-electron chi connectivity index (χ1n) is 10.4. The van der Waals surface area contributed by atoms with Crippen LogP contribution in [0.3, 0.4) is 0 Å². The maximum atomic E-state index is 13.5. The van der Waals surface area contributed by atoms with Crippen molar-refractivity contribution in [2.45, 2.75) is 39.4 Å². The number of aryl methyl sites for hydroxylation is 3. The Morgan fingerprint density at radius 2 is 1.89 bits per heavy atom. The first-order chi connectivity index (χ1) is 16.8. The number of hydrogen-bond acceptors (Lipinski definition) is 6. The van der Waals surface area contributed by atoms with Gasteiger partial charge in [0.25, 0.3) is 12.3 Å². The lowest BCUT2D eigenvalue weighted by Crippen LogP contribution is -2.19. The Hall–Kier alpha value is -3.39. The van der Waals surface area contributed by atoms with Crippen LogP contribution < -0.4 is 11.1 Å². The summed E-state index contributed by atoms with van der Waals surface area (Å²) in [4.78, 5) is 30.4. The highest BCUT2D eigenvalue weighted by Crippen LogP contribution is 2.44. The van der Waals surface area contributed by atoms with Gasteiger partial charge in [-0.2, -0.15) is 18.3 Å². The van der Waals surface area contributed by atoms with Crippen LogP contribution >= 0.6 is 22.7 Å². The maximum Gasteiger partial charge on any atom is 0.435 e. The van der Waals surface area contributed by atoms with Crippen LogP contribution in [0, 0.1) is 13.8 Å². The van der Waals surface area contributed by atoms with Crippen molar-refractivity contribution in [2.24, 2.45) is 5.73 Å². The summed E-state index contributed by atoms with van der Waals surface area (Å²) in [7, 11) is 0. The van der Waals surface area contributed by atoms with Gasteiger partial charge in [0.1, 0.15) is 15.4 Å². The van der Waals surface area contributed by atoms with E-state index in [1.807, 2.05) is 6.92 Å². The first-order valence-corrected chi connectivity index (χ1v) is 12.0. The molecule has 4 heterocycles. The number of thiophene rings is 2. The molecule has 3 N–H and O–H groups in total. The monoisotopic (exact) mass is 543 g/mol. The molecule has 14 heteroatoms. The van der Waals surface area contributed by atoms with Gasteiger partial charge < -0.3 is 11.1 Å². The van der Waals surface area contributed by atoms with E-state index < -0.39 is 35.8 Å². The van der Waals surface area contributed by atoms with Crippen molar-refractivity contribution in [3.8, 4) is 10.4 Å². The van der Waals surface area contributed by atoms with E-state index in [1.165, 1.54) is 24.3 Å². The van der Waals surface area contributed by atoms with Gasteiger partial charge in [-0.3, -0.25) is 14.3 Å². The molecule has 0 aliphatic carbocycles. The minimum atomic E-state index is -4.62. The summed E-state index contributed by atoms with van der Waals surface area (Å²) in [5.41, 5.74) is 4.53. The fourth-order valence-corrected chi connectivity index (χ4v) is 5.48. The minimum absolute atomic E-state index is 0.0232. The molecule has 0 radical (unpaired) electrons. The zero-order chi connectivity index (χ0) is 26.4. The van der Waals surface area contributed by atoms with Crippen molar-refractivity contribution in [3.05, 3.63) is 51.1 Å². The number of aromatic nitrogens is 3. The molecule has 0 aliphatic rings. The highest BCUT2D eigenvalue weighted by atomic mass is 32.1. The van der Waals surface area contributed by atoms with E-state index in [1.54, 1.807) is 12.1 Å². The molecule has 0 fully saturated rings. The molecule has 0 saturated heterocycles. The van der Waals surface area contributed by atoms with Crippen LogP contribution in [-0.4, -0.2) is 26.6 Å². The number of hydrogen-bond donors (Lipinski definition) is 2. The van der Waals surface area contributed by atoms with Gasteiger partial charge in [0, 0.05) is 39.4 Å². The molecule has 0 aliphatic heterocycles. The number of fused-ring (bicyclic) bond motifs is 1. The largest absolute Gasteiger partial charge is 0.435 e. The standard InChI is InChI=1S/C22H18F5N5O2S2/c1-9-7-14(22(25,26)27)31-32(9)6-5-15(33)30-17-16-11(13-4-3-10(2)35-13)8-12(19(23)24)29-21(16)36-18(17)20(28)34/h3-4,7-8,19H,5-6H2,1-2H3,(H2,28,34)(H,30,33). The first kappa shape index (κ1) is 25.7. The SMILES string of the molecule is Cc1ccc(-c2cc(C(F)F)nc3sc(C(N)=O)c(NC(=O)CCn4nc(C(F)(F)F)cc4C)c23)s1. The Labute approximate surface area is 208 Å². The molecule has 0 spiro atoms. The number of carbonyl (C=O) groups is 2. The predicted octanol–water partition coefficient (Wildman–Crippen LogP) is 5.92. The molecule has 0 bridgehead atoms. The number of primary amides is 1. The molecule has 0 aromatic carbocycles. The fraction of sp³-hybridized carbons (Fsp3) is 0.273. The average Bonchev–Trinajstić information content (AvgIpc) is 3.48. The number of amides is 2. The summed E-state index contributed by atoms with van der Waals surface area (Å²) in [5.74, 6) is -1.52. The molecule has 4 aromatic rings. The van der Waals surface area contributed by atoms with Gasteiger partial charge in [-0.1, -0.05) is 0 Å². The third kappa shape index (κ3) is 5.09. The molecule has 4 aromatic heterocycles. The molecular formula is C22H18F5N5O2S2. The molecule has 0 saturated carbocycles. The second-order valence-electron chi connectivity index (χ2n) is 7.85. The van der Waals surface area contributed by atoms with Crippen molar-refractivity contribution >= 4 is 50.4 Å². The third-order valence-electron chi connectivity index (χ3n) is 5.22. The number of carbonyl (C=O) groups excluding carboxylic acids is 2. The van der Waals surface area contributed by atoms with Gasteiger partial charge in [0.05, 0.1) is 5.69 Å². The lowest BCUT2D eigenvalue weighted by molar-refractivity contribution is -0.141. The van der Waals surface area contributed by atoms with E-state index in [2.05, 4.69) is 15.4 Å². The Bertz CT molecular complexity index is 1470. The topological polar surface area (TPSA) is 103 Å². The molecule has 0 atom stereocenters. The number of pyridine rings is 1. The van der Waals surface area contributed by atoms with E-state index in [-0.39, 0.29) is 39.4 Å². The Morgan fingerprint density at radius 3 is 2.44 bits per heavy atom. The number of alkyl halides is 5. The smallest absolute Gasteiger partial charge is 0.365 e. The van der Waals surface area contributed by atoms with E-state index in [4.69, 9.17) is 5.73 Å². The third-order valence-corrected chi connectivity index (χ3v) is 7.35. The van der Waals surface area contributed by atoms with Crippen molar-refractivity contribution in [1.29, 1.82) is 0 Å². The van der Waals surface area contributed by atoms with E-state index in [9.17, 15) is 31.5 Å². The summed E-state index contributed by atoms with van der Waals surface area (Å²) in [6.45, 7) is 3.11. The molecule has 190 valence electrons. The summed E-state index contributed by atoms with van der Waals surface area (Å²) in [5, 5.41) is 6.36. The second kappa shape index (κ2) is 9.58. The van der Waals surface area contributed by atoms with Crippen molar-refractivity contribution in [3.63, 3.8) is 0 Å². The van der Waals surface area contributed by atoms with E-state index in [0.29, 0.717) is 10.4 Å². The number of nitrogens with two attached hydrogens (primary N) is 1. The number of rotatable bonds is 7. The Kier molecular flexibility index (Phi) is 6.84. The van der Waals surface area contributed by atoms with Crippen molar-refractivity contribution < 1.29 is 31.5 Å². The predicted molar refractivity (Wildman–Crippen MR) is 126 cm³/mol. The molecule has 2 amide bonds. The molecule has 4 rings (SSSR count). The average molecular weight is 544 g/mol. The lowest BCUT2D eigenvalue weighted by atomic mass is 10.1. The van der Waals surface area contributed by atoms with Crippen LogP contribution in [0.1, 0.15) is 44.5 Å². The van der Waals surface area contributed by atoms with Gasteiger partial charge in [0.15, 0.2) is 5.69 Å². The fourth-order valence-electron chi connectivity index (χ4n) is 3.58. The van der Waals surface area contributed by atoms with E-state index in [0.717, 1.165) is 27.0 Å². The van der Waals surface area contributed by atoms with Gasteiger partial charge in [-0.25, -0.2) is 13.8 Å².